The van der Waals surface area contributed by atoms with Gasteiger partial charge < -0.3 is 14.6 Å². The van der Waals surface area contributed by atoms with Crippen LogP contribution in [0.25, 0.3) is 0 Å². The lowest BCUT2D eigenvalue weighted by atomic mass is 10.1. The molecule has 2 aromatic rings. The van der Waals surface area contributed by atoms with E-state index in [9.17, 15) is 0 Å². The summed E-state index contributed by atoms with van der Waals surface area (Å²) < 4.78 is 7.78. The lowest BCUT2D eigenvalue weighted by Gasteiger charge is -2.19. The summed E-state index contributed by atoms with van der Waals surface area (Å²) in [7, 11) is 1.98. The Kier molecular flexibility index (Phi) is 3.16. The zero-order chi connectivity index (χ0) is 13.2. The molecule has 3 rings (SSSR count). The van der Waals surface area contributed by atoms with Crippen LogP contribution in [0.2, 0.25) is 0 Å². The number of aromatic nitrogens is 4. The van der Waals surface area contributed by atoms with Gasteiger partial charge in [0.05, 0.1) is 6.04 Å². The molecule has 100 valence electrons. The van der Waals surface area contributed by atoms with Crippen LogP contribution in [0.4, 0.5) is 5.95 Å². The summed E-state index contributed by atoms with van der Waals surface area (Å²) in [6.45, 7) is 2.68. The van der Waals surface area contributed by atoms with E-state index in [1.807, 2.05) is 30.8 Å². The molecule has 0 spiro atoms. The Hall–Kier alpha value is -1.95. The van der Waals surface area contributed by atoms with Crippen LogP contribution in [-0.4, -0.2) is 32.2 Å². The van der Waals surface area contributed by atoms with Crippen LogP contribution in [0.1, 0.15) is 24.0 Å². The van der Waals surface area contributed by atoms with E-state index < -0.39 is 0 Å². The molecule has 0 aromatic carbocycles. The summed E-state index contributed by atoms with van der Waals surface area (Å²) >= 11 is 0. The number of aryl methyl sites for hydroxylation is 2. The van der Waals surface area contributed by atoms with Crippen molar-refractivity contribution in [3.63, 3.8) is 0 Å². The second-order valence-corrected chi connectivity index (χ2v) is 4.75. The summed E-state index contributed by atoms with van der Waals surface area (Å²) in [5, 5.41) is 3.35. The number of rotatable bonds is 3. The summed E-state index contributed by atoms with van der Waals surface area (Å²) in [6.07, 6.45) is 6.35. The van der Waals surface area contributed by atoms with Crippen LogP contribution in [-0.2, 0) is 11.8 Å². The summed E-state index contributed by atoms with van der Waals surface area (Å²) in [6, 6.07) is 2.04. The van der Waals surface area contributed by atoms with E-state index in [1.54, 1.807) is 12.4 Å². The fourth-order valence-corrected chi connectivity index (χ4v) is 2.33. The van der Waals surface area contributed by atoms with Crippen molar-refractivity contribution in [1.82, 2.24) is 19.5 Å². The van der Waals surface area contributed by atoms with Gasteiger partial charge in [0.15, 0.2) is 0 Å². The lowest BCUT2D eigenvalue weighted by molar-refractivity contribution is 0.0982. The largest absolute Gasteiger partial charge is 0.368 e. The second-order valence-electron chi connectivity index (χ2n) is 4.75. The highest BCUT2D eigenvalue weighted by atomic mass is 16.5. The van der Waals surface area contributed by atoms with Gasteiger partial charge in [-0.3, -0.25) is 0 Å². The summed E-state index contributed by atoms with van der Waals surface area (Å²) in [5.41, 5.74) is 0.949. The Morgan fingerprint density at radius 3 is 3.00 bits per heavy atom. The van der Waals surface area contributed by atoms with Crippen molar-refractivity contribution < 1.29 is 4.74 Å². The number of nitrogens with zero attached hydrogens (tertiary/aromatic N) is 4. The van der Waals surface area contributed by atoms with Crippen molar-refractivity contribution in [2.45, 2.75) is 25.5 Å². The van der Waals surface area contributed by atoms with Gasteiger partial charge in [-0.25, -0.2) is 15.0 Å². The van der Waals surface area contributed by atoms with Crippen LogP contribution >= 0.6 is 0 Å². The van der Waals surface area contributed by atoms with Gasteiger partial charge in [-0.2, -0.15) is 0 Å². The molecule has 6 nitrogen and oxygen atoms in total. The smallest absolute Gasteiger partial charge is 0.223 e. The Balaban J connectivity index is 1.79. The Morgan fingerprint density at radius 1 is 1.37 bits per heavy atom. The van der Waals surface area contributed by atoms with E-state index in [1.165, 1.54) is 0 Å². The number of imidazole rings is 1. The third kappa shape index (κ3) is 2.44. The van der Waals surface area contributed by atoms with Gasteiger partial charge in [-0.15, -0.1) is 0 Å². The minimum Gasteiger partial charge on any atom is -0.368 e. The maximum absolute atomic E-state index is 5.79. The first kappa shape index (κ1) is 12.1. The highest BCUT2D eigenvalue weighted by molar-refractivity contribution is 5.28. The molecule has 1 N–H and O–H groups in total. The SMILES string of the molecule is Cc1ccnc(N[C@H]2CCO[C@@H]2c2nccn2C)n1. The van der Waals surface area contributed by atoms with E-state index in [0.29, 0.717) is 5.95 Å². The van der Waals surface area contributed by atoms with Crippen LogP contribution in [0.15, 0.2) is 24.7 Å². The minimum absolute atomic E-state index is 0.0517. The minimum atomic E-state index is -0.0517. The Labute approximate surface area is 111 Å². The van der Waals surface area contributed by atoms with E-state index in [2.05, 4.69) is 20.3 Å². The molecule has 0 saturated carbocycles. The van der Waals surface area contributed by atoms with Crippen molar-refractivity contribution in [3.8, 4) is 0 Å². The van der Waals surface area contributed by atoms with Gasteiger partial charge in [-0.05, 0) is 19.4 Å². The molecule has 19 heavy (non-hydrogen) atoms. The average Bonchev–Trinajstić information content (AvgIpc) is 2.98. The first-order valence-corrected chi connectivity index (χ1v) is 6.39. The molecule has 3 heterocycles. The highest BCUT2D eigenvalue weighted by Crippen LogP contribution is 2.29. The molecule has 1 aliphatic rings. The maximum Gasteiger partial charge on any atom is 0.223 e. The van der Waals surface area contributed by atoms with E-state index in [4.69, 9.17) is 4.74 Å². The first-order valence-electron chi connectivity index (χ1n) is 6.39. The lowest BCUT2D eigenvalue weighted by Crippen LogP contribution is -2.26. The molecule has 0 radical (unpaired) electrons. The molecule has 2 atom stereocenters. The fraction of sp³-hybridized carbons (Fsp3) is 0.462. The quantitative estimate of drug-likeness (QED) is 0.904. The van der Waals surface area contributed by atoms with Crippen molar-refractivity contribution in [2.75, 3.05) is 11.9 Å². The summed E-state index contributed by atoms with van der Waals surface area (Å²) in [4.78, 5) is 13.0. The molecule has 0 bridgehead atoms. The second kappa shape index (κ2) is 4.97. The molecule has 0 amide bonds. The van der Waals surface area contributed by atoms with Gasteiger partial charge in [0, 0.05) is 37.9 Å². The van der Waals surface area contributed by atoms with Gasteiger partial charge in [0.1, 0.15) is 11.9 Å². The zero-order valence-corrected chi connectivity index (χ0v) is 11.1. The molecular formula is C13H17N5O. The number of hydrogen-bond acceptors (Lipinski definition) is 5. The predicted molar refractivity (Wildman–Crippen MR) is 70.7 cm³/mol. The van der Waals surface area contributed by atoms with Crippen molar-refractivity contribution in [1.29, 1.82) is 0 Å². The van der Waals surface area contributed by atoms with E-state index >= 15 is 0 Å². The normalized spacial score (nSPS) is 22.6. The zero-order valence-electron chi connectivity index (χ0n) is 11.1. The van der Waals surface area contributed by atoms with Crippen LogP contribution < -0.4 is 5.32 Å². The standard InChI is InChI=1S/C13H17N5O/c1-9-3-5-15-13(16-9)17-10-4-8-19-11(10)12-14-6-7-18(12)2/h3,5-7,10-11H,4,8H2,1-2H3,(H,15,16,17)/t10-,11-/m0/s1. The summed E-state index contributed by atoms with van der Waals surface area (Å²) in [5.74, 6) is 1.58. The van der Waals surface area contributed by atoms with Crippen LogP contribution in [0, 0.1) is 6.92 Å². The molecule has 2 aromatic heterocycles. The first-order chi connectivity index (χ1) is 9.24. The topological polar surface area (TPSA) is 64.9 Å². The predicted octanol–water partition coefficient (Wildman–Crippen LogP) is 1.46. The Bertz CT molecular complexity index is 568. The number of hydrogen-bond donors (Lipinski definition) is 1. The molecule has 0 unspecified atom stereocenters. The van der Waals surface area contributed by atoms with Gasteiger partial charge >= 0.3 is 0 Å². The molecule has 1 aliphatic heterocycles. The number of anilines is 1. The van der Waals surface area contributed by atoms with Crippen LogP contribution in [0.5, 0.6) is 0 Å². The highest BCUT2D eigenvalue weighted by Gasteiger charge is 2.32. The molecular weight excluding hydrogens is 242 g/mol. The van der Waals surface area contributed by atoms with E-state index in [0.717, 1.165) is 24.5 Å². The third-order valence-corrected chi connectivity index (χ3v) is 3.31. The fourth-order valence-electron chi connectivity index (χ4n) is 2.33. The monoisotopic (exact) mass is 259 g/mol. The number of nitrogens with one attached hydrogen (secondary N) is 1. The molecule has 6 heteroatoms. The van der Waals surface area contributed by atoms with Gasteiger partial charge in [0.25, 0.3) is 0 Å². The third-order valence-electron chi connectivity index (χ3n) is 3.31. The molecule has 1 saturated heterocycles. The van der Waals surface area contributed by atoms with Gasteiger partial charge in [-0.1, -0.05) is 0 Å². The van der Waals surface area contributed by atoms with Crippen molar-refractivity contribution >= 4 is 5.95 Å². The van der Waals surface area contributed by atoms with E-state index in [-0.39, 0.29) is 12.1 Å². The Morgan fingerprint density at radius 2 is 2.26 bits per heavy atom. The van der Waals surface area contributed by atoms with Crippen molar-refractivity contribution in [3.05, 3.63) is 36.2 Å². The number of ether oxygens (including phenoxy) is 1. The molecule has 1 fully saturated rings. The average molecular weight is 259 g/mol. The van der Waals surface area contributed by atoms with Crippen LogP contribution in [0.3, 0.4) is 0 Å². The van der Waals surface area contributed by atoms with Gasteiger partial charge in [0.2, 0.25) is 5.95 Å². The molecule has 0 aliphatic carbocycles. The maximum atomic E-state index is 5.79. The van der Waals surface area contributed by atoms with Crippen molar-refractivity contribution in [2.24, 2.45) is 7.05 Å².